The summed E-state index contributed by atoms with van der Waals surface area (Å²) in [5, 5.41) is 2.10. The molecule has 94 valence electrons. The molecule has 0 fully saturated rings. The van der Waals surface area contributed by atoms with E-state index in [2.05, 4.69) is 5.32 Å². The van der Waals surface area contributed by atoms with Crippen molar-refractivity contribution in [2.45, 2.75) is 25.3 Å². The number of amides is 1. The van der Waals surface area contributed by atoms with Crippen molar-refractivity contribution in [3.05, 3.63) is 35.9 Å². The van der Waals surface area contributed by atoms with Crippen molar-refractivity contribution in [2.24, 2.45) is 5.73 Å². The summed E-state index contributed by atoms with van der Waals surface area (Å²) in [6.45, 7) is -0.641. The van der Waals surface area contributed by atoms with Crippen molar-refractivity contribution < 1.29 is 13.6 Å². The quantitative estimate of drug-likeness (QED) is 0.790. The molecule has 0 saturated heterocycles. The van der Waals surface area contributed by atoms with Crippen LogP contribution >= 0.6 is 0 Å². The maximum Gasteiger partial charge on any atom is 0.255 e. The highest BCUT2D eigenvalue weighted by molar-refractivity contribution is 5.81. The van der Waals surface area contributed by atoms with Gasteiger partial charge in [-0.2, -0.15) is 0 Å². The fourth-order valence-corrected chi connectivity index (χ4v) is 1.41. The molecule has 0 aromatic heterocycles. The first-order chi connectivity index (χ1) is 8.09. The van der Waals surface area contributed by atoms with Gasteiger partial charge < -0.3 is 11.1 Å². The number of aryl methyl sites for hydroxylation is 1. The smallest absolute Gasteiger partial charge is 0.255 e. The van der Waals surface area contributed by atoms with Gasteiger partial charge in [0.1, 0.15) is 0 Å². The Bertz CT molecular complexity index is 344. The summed E-state index contributed by atoms with van der Waals surface area (Å²) in [5.74, 6) is -0.527. The van der Waals surface area contributed by atoms with E-state index in [4.69, 9.17) is 5.73 Å². The lowest BCUT2D eigenvalue weighted by Crippen LogP contribution is -2.42. The Morgan fingerprint density at radius 2 is 1.94 bits per heavy atom. The predicted molar refractivity (Wildman–Crippen MR) is 61.8 cm³/mol. The van der Waals surface area contributed by atoms with E-state index >= 15 is 0 Å². The van der Waals surface area contributed by atoms with Crippen molar-refractivity contribution in [1.82, 2.24) is 5.32 Å². The van der Waals surface area contributed by atoms with Crippen molar-refractivity contribution >= 4 is 5.91 Å². The third-order valence-electron chi connectivity index (χ3n) is 2.35. The molecule has 1 unspecified atom stereocenters. The van der Waals surface area contributed by atoms with Gasteiger partial charge in [-0.1, -0.05) is 30.3 Å². The number of rotatable bonds is 6. The molecule has 17 heavy (non-hydrogen) atoms. The molecule has 5 heteroatoms. The van der Waals surface area contributed by atoms with E-state index in [0.29, 0.717) is 12.8 Å². The first kappa shape index (κ1) is 13.6. The van der Waals surface area contributed by atoms with Crippen LogP contribution in [0.1, 0.15) is 12.0 Å². The number of alkyl halides is 2. The molecule has 0 aliphatic heterocycles. The Morgan fingerprint density at radius 3 is 2.53 bits per heavy atom. The van der Waals surface area contributed by atoms with Gasteiger partial charge in [0, 0.05) is 0 Å². The minimum atomic E-state index is -2.54. The molecule has 0 spiro atoms. The molecule has 0 aliphatic rings. The molecule has 0 saturated carbocycles. The Morgan fingerprint density at radius 1 is 1.29 bits per heavy atom. The van der Waals surface area contributed by atoms with Crippen LogP contribution in [0, 0.1) is 0 Å². The summed E-state index contributed by atoms with van der Waals surface area (Å²) in [6.07, 6.45) is -1.44. The van der Waals surface area contributed by atoms with Crippen LogP contribution in [0.3, 0.4) is 0 Å². The van der Waals surface area contributed by atoms with Crippen LogP contribution in [0.15, 0.2) is 30.3 Å². The Hall–Kier alpha value is -1.49. The largest absolute Gasteiger partial charge is 0.349 e. The minimum Gasteiger partial charge on any atom is -0.349 e. The molecule has 1 rings (SSSR count). The van der Waals surface area contributed by atoms with E-state index in [9.17, 15) is 13.6 Å². The fraction of sp³-hybridized carbons (Fsp3) is 0.417. The maximum absolute atomic E-state index is 11.9. The van der Waals surface area contributed by atoms with Gasteiger partial charge >= 0.3 is 0 Å². The molecule has 0 bridgehead atoms. The molecule has 0 radical (unpaired) electrons. The molecule has 3 N–H and O–H groups in total. The lowest BCUT2D eigenvalue weighted by atomic mass is 10.1. The highest BCUT2D eigenvalue weighted by atomic mass is 19.3. The van der Waals surface area contributed by atoms with Crippen LogP contribution in [0.2, 0.25) is 0 Å². The highest BCUT2D eigenvalue weighted by Gasteiger charge is 2.14. The van der Waals surface area contributed by atoms with Gasteiger partial charge in [-0.05, 0) is 18.4 Å². The van der Waals surface area contributed by atoms with Crippen LogP contribution in [-0.2, 0) is 11.2 Å². The first-order valence-electron chi connectivity index (χ1n) is 5.45. The molecular weight excluding hydrogens is 226 g/mol. The van der Waals surface area contributed by atoms with Crippen LogP contribution in [0.5, 0.6) is 0 Å². The average molecular weight is 242 g/mol. The summed E-state index contributed by atoms with van der Waals surface area (Å²) in [6, 6.07) is 8.83. The average Bonchev–Trinajstić information content (AvgIpc) is 2.34. The zero-order valence-corrected chi connectivity index (χ0v) is 9.40. The number of carbonyl (C=O) groups is 1. The molecule has 0 heterocycles. The minimum absolute atomic E-state index is 0.444. The standard InChI is InChI=1S/C12H16F2N2O/c13-11(14)8-16-12(17)10(15)7-6-9-4-2-1-3-5-9/h1-5,10-11H,6-8,15H2,(H,16,17). The van der Waals surface area contributed by atoms with E-state index < -0.39 is 24.9 Å². The first-order valence-corrected chi connectivity index (χ1v) is 5.45. The second-order valence-electron chi connectivity index (χ2n) is 3.77. The zero-order chi connectivity index (χ0) is 12.7. The van der Waals surface area contributed by atoms with Gasteiger partial charge in [0.2, 0.25) is 5.91 Å². The monoisotopic (exact) mass is 242 g/mol. The summed E-state index contributed by atoms with van der Waals surface area (Å²) < 4.78 is 23.7. The fourth-order valence-electron chi connectivity index (χ4n) is 1.41. The van der Waals surface area contributed by atoms with Gasteiger partial charge in [0.15, 0.2) is 0 Å². The van der Waals surface area contributed by atoms with Crippen LogP contribution in [-0.4, -0.2) is 24.9 Å². The zero-order valence-electron chi connectivity index (χ0n) is 9.40. The molecule has 1 aromatic carbocycles. The van der Waals surface area contributed by atoms with Crippen LogP contribution < -0.4 is 11.1 Å². The SMILES string of the molecule is NC(CCc1ccccc1)C(=O)NCC(F)F. The highest BCUT2D eigenvalue weighted by Crippen LogP contribution is 2.04. The predicted octanol–water partition coefficient (Wildman–Crippen LogP) is 1.33. The lowest BCUT2D eigenvalue weighted by molar-refractivity contribution is -0.123. The van der Waals surface area contributed by atoms with Crippen LogP contribution in [0.4, 0.5) is 8.78 Å². The van der Waals surface area contributed by atoms with Gasteiger partial charge in [-0.25, -0.2) is 8.78 Å². The topological polar surface area (TPSA) is 55.1 Å². The second kappa shape index (κ2) is 6.96. The number of benzene rings is 1. The molecule has 0 aliphatic carbocycles. The summed E-state index contributed by atoms with van der Waals surface area (Å²) >= 11 is 0. The maximum atomic E-state index is 11.9. The Balaban J connectivity index is 2.29. The molecular formula is C12H16F2N2O. The number of halogens is 2. The van der Waals surface area contributed by atoms with Gasteiger partial charge in [0.05, 0.1) is 12.6 Å². The van der Waals surface area contributed by atoms with E-state index in [1.54, 1.807) is 0 Å². The van der Waals surface area contributed by atoms with Crippen molar-refractivity contribution in [3.63, 3.8) is 0 Å². The third kappa shape index (κ3) is 5.40. The summed E-state index contributed by atoms with van der Waals surface area (Å²) in [4.78, 5) is 11.3. The van der Waals surface area contributed by atoms with Crippen molar-refractivity contribution in [1.29, 1.82) is 0 Å². The van der Waals surface area contributed by atoms with Crippen molar-refractivity contribution in [3.8, 4) is 0 Å². The molecule has 1 amide bonds. The molecule has 3 nitrogen and oxygen atoms in total. The summed E-state index contributed by atoms with van der Waals surface area (Å²) in [5.41, 5.74) is 6.67. The number of carbonyl (C=O) groups excluding carboxylic acids is 1. The van der Waals surface area contributed by atoms with E-state index in [1.807, 2.05) is 30.3 Å². The normalized spacial score (nSPS) is 12.5. The number of hydrogen-bond acceptors (Lipinski definition) is 2. The van der Waals surface area contributed by atoms with E-state index in [0.717, 1.165) is 5.56 Å². The number of nitrogens with one attached hydrogen (secondary N) is 1. The number of nitrogens with two attached hydrogens (primary N) is 1. The molecule has 1 aromatic rings. The van der Waals surface area contributed by atoms with Gasteiger partial charge in [-0.15, -0.1) is 0 Å². The Kier molecular flexibility index (Phi) is 5.56. The lowest BCUT2D eigenvalue weighted by Gasteiger charge is -2.11. The van der Waals surface area contributed by atoms with Gasteiger partial charge in [-0.3, -0.25) is 4.79 Å². The van der Waals surface area contributed by atoms with Crippen LogP contribution in [0.25, 0.3) is 0 Å². The third-order valence-corrected chi connectivity index (χ3v) is 2.35. The summed E-state index contributed by atoms with van der Waals surface area (Å²) in [7, 11) is 0. The van der Waals surface area contributed by atoms with E-state index in [1.165, 1.54) is 0 Å². The number of hydrogen-bond donors (Lipinski definition) is 2. The van der Waals surface area contributed by atoms with Gasteiger partial charge in [0.25, 0.3) is 6.43 Å². The second-order valence-corrected chi connectivity index (χ2v) is 3.77. The van der Waals surface area contributed by atoms with Crippen molar-refractivity contribution in [2.75, 3.05) is 6.54 Å². The van der Waals surface area contributed by atoms with E-state index in [-0.39, 0.29) is 0 Å². The molecule has 1 atom stereocenters. The Labute approximate surface area is 99.0 Å².